The van der Waals surface area contributed by atoms with Crippen molar-refractivity contribution in [1.82, 2.24) is 14.9 Å². The molecule has 1 aliphatic heterocycles. The van der Waals surface area contributed by atoms with Crippen LogP contribution >= 0.6 is 0 Å². The normalized spacial score (nSPS) is 16.4. The zero-order valence-electron chi connectivity index (χ0n) is 17.1. The summed E-state index contributed by atoms with van der Waals surface area (Å²) in [7, 11) is 0. The number of morpholine rings is 1. The summed E-state index contributed by atoms with van der Waals surface area (Å²) in [6.07, 6.45) is 4.29. The quantitative estimate of drug-likeness (QED) is 0.502. The number of carbonyl (C=O) groups excluding carboxylic acids is 1. The summed E-state index contributed by atoms with van der Waals surface area (Å²) in [5.41, 5.74) is 4.34. The molecule has 5 rings (SSSR count). The summed E-state index contributed by atoms with van der Waals surface area (Å²) < 4.78 is 5.96. The molecule has 0 spiro atoms. The molecule has 1 atom stereocenters. The van der Waals surface area contributed by atoms with E-state index in [9.17, 15) is 4.79 Å². The first-order valence-corrected chi connectivity index (χ1v) is 10.5. The molecule has 2 aromatic carbocycles. The molecule has 0 N–H and O–H groups in total. The number of ether oxygens (including phenoxy) is 1. The fraction of sp³-hybridized carbons (Fsp3) is 0.192. The molecule has 0 aliphatic carbocycles. The Morgan fingerprint density at radius 1 is 1.03 bits per heavy atom. The Balaban J connectivity index is 1.46. The van der Waals surface area contributed by atoms with Crippen LogP contribution in [0.1, 0.15) is 15.9 Å². The van der Waals surface area contributed by atoms with Gasteiger partial charge in [-0.3, -0.25) is 9.78 Å². The van der Waals surface area contributed by atoms with Crippen molar-refractivity contribution in [1.29, 1.82) is 0 Å². The average molecular weight is 409 g/mol. The molecule has 2 aromatic heterocycles. The predicted molar refractivity (Wildman–Crippen MR) is 121 cm³/mol. The Bertz CT molecular complexity index is 1200. The molecular weight excluding hydrogens is 386 g/mol. The lowest BCUT2D eigenvalue weighted by molar-refractivity contribution is -0.0207. The fourth-order valence-corrected chi connectivity index (χ4v) is 4.09. The van der Waals surface area contributed by atoms with Crippen molar-refractivity contribution in [2.24, 2.45) is 0 Å². The number of para-hydroxylation sites is 1. The lowest BCUT2D eigenvalue weighted by atomic mass is 10.0. The minimum absolute atomic E-state index is 0.00834. The van der Waals surface area contributed by atoms with E-state index >= 15 is 0 Å². The fourth-order valence-electron chi connectivity index (χ4n) is 4.09. The van der Waals surface area contributed by atoms with Crippen LogP contribution in [0.2, 0.25) is 0 Å². The van der Waals surface area contributed by atoms with E-state index in [0.717, 1.165) is 28.6 Å². The summed E-state index contributed by atoms with van der Waals surface area (Å²) in [5, 5.41) is 0.867. The third-order valence-corrected chi connectivity index (χ3v) is 5.64. The Labute approximate surface area is 181 Å². The van der Waals surface area contributed by atoms with Crippen LogP contribution in [0.5, 0.6) is 0 Å². The molecule has 1 amide bonds. The molecular formula is C26H23N3O2. The number of carbonyl (C=O) groups is 1. The molecule has 1 unspecified atom stereocenters. The van der Waals surface area contributed by atoms with Gasteiger partial charge in [-0.05, 0) is 29.8 Å². The van der Waals surface area contributed by atoms with Gasteiger partial charge >= 0.3 is 0 Å². The summed E-state index contributed by atoms with van der Waals surface area (Å²) in [6.45, 7) is 1.71. The molecule has 31 heavy (non-hydrogen) atoms. The van der Waals surface area contributed by atoms with Gasteiger partial charge in [0.2, 0.25) is 0 Å². The van der Waals surface area contributed by atoms with E-state index in [1.54, 1.807) is 12.4 Å². The van der Waals surface area contributed by atoms with E-state index in [1.165, 1.54) is 5.56 Å². The SMILES string of the molecule is O=C(c1cc(-c2cccnc2)nc2ccccc12)N1CCOC(Cc2ccccc2)C1. The van der Waals surface area contributed by atoms with E-state index in [0.29, 0.717) is 25.3 Å². The highest BCUT2D eigenvalue weighted by atomic mass is 16.5. The maximum absolute atomic E-state index is 13.6. The predicted octanol–water partition coefficient (Wildman–Crippen LogP) is 4.38. The zero-order chi connectivity index (χ0) is 21.0. The molecule has 1 fully saturated rings. The van der Waals surface area contributed by atoms with Gasteiger partial charge in [-0.15, -0.1) is 0 Å². The lowest BCUT2D eigenvalue weighted by Gasteiger charge is -2.33. The minimum Gasteiger partial charge on any atom is -0.374 e. The van der Waals surface area contributed by atoms with Crippen molar-refractivity contribution < 1.29 is 9.53 Å². The van der Waals surface area contributed by atoms with Gasteiger partial charge in [-0.2, -0.15) is 0 Å². The molecule has 0 radical (unpaired) electrons. The maximum Gasteiger partial charge on any atom is 0.254 e. The van der Waals surface area contributed by atoms with Gasteiger partial charge in [0.25, 0.3) is 5.91 Å². The first kappa shape index (κ1) is 19.4. The van der Waals surface area contributed by atoms with Crippen LogP contribution in [0.15, 0.2) is 85.2 Å². The molecule has 5 nitrogen and oxygen atoms in total. The molecule has 154 valence electrons. The largest absolute Gasteiger partial charge is 0.374 e. The van der Waals surface area contributed by atoms with Crippen LogP contribution in [0, 0.1) is 0 Å². The second-order valence-electron chi connectivity index (χ2n) is 7.75. The number of nitrogens with zero attached hydrogens (tertiary/aromatic N) is 3. The van der Waals surface area contributed by atoms with Crippen molar-refractivity contribution in [2.75, 3.05) is 19.7 Å². The van der Waals surface area contributed by atoms with Crippen LogP contribution in [-0.4, -0.2) is 46.6 Å². The van der Waals surface area contributed by atoms with Gasteiger partial charge in [0.15, 0.2) is 0 Å². The van der Waals surface area contributed by atoms with Crippen molar-refractivity contribution in [3.05, 3.63) is 96.3 Å². The lowest BCUT2D eigenvalue weighted by Crippen LogP contribution is -2.46. The van der Waals surface area contributed by atoms with Crippen molar-refractivity contribution in [3.63, 3.8) is 0 Å². The first-order valence-electron chi connectivity index (χ1n) is 10.5. The molecule has 3 heterocycles. The van der Waals surface area contributed by atoms with Gasteiger partial charge in [0, 0.05) is 42.9 Å². The van der Waals surface area contributed by atoms with Crippen molar-refractivity contribution >= 4 is 16.8 Å². The van der Waals surface area contributed by atoms with E-state index in [-0.39, 0.29) is 12.0 Å². The van der Waals surface area contributed by atoms with Crippen molar-refractivity contribution in [3.8, 4) is 11.3 Å². The molecule has 0 bridgehead atoms. The van der Waals surface area contributed by atoms with Gasteiger partial charge in [-0.1, -0.05) is 48.5 Å². The van der Waals surface area contributed by atoms with E-state index in [4.69, 9.17) is 9.72 Å². The summed E-state index contributed by atoms with van der Waals surface area (Å²) >= 11 is 0. The third-order valence-electron chi connectivity index (χ3n) is 5.64. The molecule has 0 saturated carbocycles. The number of hydrogen-bond donors (Lipinski definition) is 0. The number of pyridine rings is 2. The molecule has 1 aliphatic rings. The van der Waals surface area contributed by atoms with Gasteiger partial charge in [-0.25, -0.2) is 4.98 Å². The maximum atomic E-state index is 13.6. The van der Waals surface area contributed by atoms with Crippen LogP contribution < -0.4 is 0 Å². The molecule has 5 heteroatoms. The number of benzene rings is 2. The molecule has 4 aromatic rings. The van der Waals surface area contributed by atoms with E-state index < -0.39 is 0 Å². The minimum atomic E-state index is -0.00834. The highest BCUT2D eigenvalue weighted by molar-refractivity contribution is 6.07. The van der Waals surface area contributed by atoms with Gasteiger partial charge in [0.05, 0.1) is 29.5 Å². The van der Waals surface area contributed by atoms with Crippen LogP contribution in [0.25, 0.3) is 22.2 Å². The van der Waals surface area contributed by atoms with Gasteiger partial charge < -0.3 is 9.64 Å². The number of hydrogen-bond acceptors (Lipinski definition) is 4. The number of fused-ring (bicyclic) bond motifs is 1. The smallest absolute Gasteiger partial charge is 0.254 e. The third kappa shape index (κ3) is 4.18. The second kappa shape index (κ2) is 8.66. The Hall–Kier alpha value is -3.57. The summed E-state index contributed by atoms with van der Waals surface area (Å²) in [6, 6.07) is 23.8. The monoisotopic (exact) mass is 409 g/mol. The zero-order valence-corrected chi connectivity index (χ0v) is 17.1. The number of aromatic nitrogens is 2. The van der Waals surface area contributed by atoms with Crippen LogP contribution in [0.3, 0.4) is 0 Å². The first-order chi connectivity index (χ1) is 15.3. The average Bonchev–Trinajstić information content (AvgIpc) is 2.84. The van der Waals surface area contributed by atoms with Crippen molar-refractivity contribution in [2.45, 2.75) is 12.5 Å². The second-order valence-corrected chi connectivity index (χ2v) is 7.75. The summed E-state index contributed by atoms with van der Waals surface area (Å²) in [5.74, 6) is 0.0186. The highest BCUT2D eigenvalue weighted by Gasteiger charge is 2.27. The number of rotatable bonds is 4. The Morgan fingerprint density at radius 2 is 1.87 bits per heavy atom. The summed E-state index contributed by atoms with van der Waals surface area (Å²) in [4.78, 5) is 24.5. The topological polar surface area (TPSA) is 55.3 Å². The van der Waals surface area contributed by atoms with Gasteiger partial charge in [0.1, 0.15) is 0 Å². The van der Waals surface area contributed by atoms with Crippen LogP contribution in [-0.2, 0) is 11.2 Å². The Kier molecular flexibility index (Phi) is 5.42. The Morgan fingerprint density at radius 3 is 2.71 bits per heavy atom. The standard InChI is InChI=1S/C26H23N3O2/c30-26(29-13-14-31-21(18-29)15-19-7-2-1-3-8-19)23-16-25(20-9-6-12-27-17-20)28-24-11-5-4-10-22(23)24/h1-12,16-17,21H,13-15,18H2. The van der Waals surface area contributed by atoms with Crippen LogP contribution in [0.4, 0.5) is 0 Å². The highest BCUT2D eigenvalue weighted by Crippen LogP contribution is 2.26. The van der Waals surface area contributed by atoms with E-state index in [2.05, 4.69) is 17.1 Å². The van der Waals surface area contributed by atoms with E-state index in [1.807, 2.05) is 65.6 Å². The molecule has 1 saturated heterocycles. The number of amides is 1.